The molecule has 0 saturated heterocycles. The second-order valence-corrected chi connectivity index (χ2v) is 4.61. The molecule has 0 radical (unpaired) electrons. The number of hydrogen-bond donors (Lipinski definition) is 0. The van der Waals surface area contributed by atoms with Crippen molar-refractivity contribution in [2.24, 2.45) is 0 Å². The molecule has 0 aromatic heterocycles. The minimum atomic E-state index is -0.476. The number of nitro benzene ring substituents is 1. The maximum Gasteiger partial charge on any atom is 0.269 e. The van der Waals surface area contributed by atoms with Gasteiger partial charge in [0.25, 0.3) is 11.6 Å². The molecule has 0 aliphatic carbocycles. The van der Waals surface area contributed by atoms with E-state index >= 15 is 0 Å². The number of amides is 1. The summed E-state index contributed by atoms with van der Waals surface area (Å²) in [5.41, 5.74) is 1.49. The second kappa shape index (κ2) is 6.65. The summed E-state index contributed by atoms with van der Waals surface area (Å²) >= 11 is 0. The Kier molecular flexibility index (Phi) is 4.66. The van der Waals surface area contributed by atoms with Crippen LogP contribution < -0.4 is 0 Å². The highest BCUT2D eigenvalue weighted by atomic mass is 16.6. The number of carbonyl (C=O) groups excluding carboxylic acids is 1. The Balaban J connectivity index is 2.14. The molecule has 0 heterocycles. The summed E-state index contributed by atoms with van der Waals surface area (Å²) < 4.78 is 0. The largest absolute Gasteiger partial charge is 0.335 e. The smallest absolute Gasteiger partial charge is 0.269 e. The number of hydrogen-bond acceptors (Lipinski definition) is 3. The average Bonchev–Trinajstić information content (AvgIpc) is 2.53. The van der Waals surface area contributed by atoms with E-state index in [4.69, 9.17) is 0 Å². The van der Waals surface area contributed by atoms with Crippen molar-refractivity contribution in [1.29, 1.82) is 0 Å². The Labute approximate surface area is 123 Å². The fraction of sp³-hybridized carbons (Fsp3) is 0.188. The Bertz CT molecular complexity index is 624. The molecule has 21 heavy (non-hydrogen) atoms. The molecular weight excluding hydrogens is 268 g/mol. The molecule has 0 fully saturated rings. The number of nitrogens with zero attached hydrogens (tertiary/aromatic N) is 2. The van der Waals surface area contributed by atoms with Crippen molar-refractivity contribution < 1.29 is 9.72 Å². The van der Waals surface area contributed by atoms with Crippen LogP contribution in [-0.2, 0) is 6.54 Å². The number of nitro groups is 1. The predicted molar refractivity (Wildman–Crippen MR) is 80.0 cm³/mol. The highest BCUT2D eigenvalue weighted by molar-refractivity contribution is 5.94. The summed E-state index contributed by atoms with van der Waals surface area (Å²) in [4.78, 5) is 24.3. The van der Waals surface area contributed by atoms with E-state index in [0.717, 1.165) is 5.56 Å². The molecular formula is C16H16N2O3. The quantitative estimate of drug-likeness (QED) is 0.625. The van der Waals surface area contributed by atoms with E-state index in [9.17, 15) is 14.9 Å². The lowest BCUT2D eigenvalue weighted by molar-refractivity contribution is -0.384. The Morgan fingerprint density at radius 3 is 2.24 bits per heavy atom. The van der Waals surface area contributed by atoms with E-state index in [1.807, 2.05) is 37.3 Å². The lowest BCUT2D eigenvalue weighted by Gasteiger charge is -2.21. The highest BCUT2D eigenvalue weighted by Crippen LogP contribution is 2.15. The van der Waals surface area contributed by atoms with Crippen molar-refractivity contribution in [3.8, 4) is 0 Å². The molecule has 0 unspecified atom stereocenters. The summed E-state index contributed by atoms with van der Waals surface area (Å²) in [5.74, 6) is -0.128. The van der Waals surface area contributed by atoms with Crippen LogP contribution in [0.1, 0.15) is 22.8 Å². The van der Waals surface area contributed by atoms with Crippen LogP contribution in [-0.4, -0.2) is 22.3 Å². The van der Waals surface area contributed by atoms with Crippen LogP contribution in [0.15, 0.2) is 54.6 Å². The topological polar surface area (TPSA) is 63.5 Å². The van der Waals surface area contributed by atoms with Crippen molar-refractivity contribution in [2.75, 3.05) is 6.54 Å². The van der Waals surface area contributed by atoms with Crippen molar-refractivity contribution in [2.45, 2.75) is 13.5 Å². The molecule has 0 N–H and O–H groups in total. The van der Waals surface area contributed by atoms with E-state index in [1.165, 1.54) is 24.3 Å². The van der Waals surface area contributed by atoms with Gasteiger partial charge < -0.3 is 4.90 Å². The molecule has 2 aromatic rings. The minimum absolute atomic E-state index is 0.0161. The fourth-order valence-electron chi connectivity index (χ4n) is 2.04. The first kappa shape index (κ1) is 14.7. The lowest BCUT2D eigenvalue weighted by Crippen LogP contribution is -2.30. The Hall–Kier alpha value is -2.69. The van der Waals surface area contributed by atoms with Crippen LogP contribution in [0.5, 0.6) is 0 Å². The van der Waals surface area contributed by atoms with Gasteiger partial charge in [-0.05, 0) is 24.6 Å². The lowest BCUT2D eigenvalue weighted by atomic mass is 10.1. The van der Waals surface area contributed by atoms with E-state index in [2.05, 4.69) is 0 Å². The van der Waals surface area contributed by atoms with Gasteiger partial charge in [0.1, 0.15) is 0 Å². The first-order valence-corrected chi connectivity index (χ1v) is 6.69. The number of rotatable bonds is 5. The molecule has 2 aromatic carbocycles. The Morgan fingerprint density at radius 2 is 1.71 bits per heavy atom. The SMILES string of the molecule is CCN(Cc1ccccc1)C(=O)c1ccc([N+](=O)[O-])cc1. The van der Waals surface area contributed by atoms with Gasteiger partial charge in [0.2, 0.25) is 0 Å². The van der Waals surface area contributed by atoms with Gasteiger partial charge in [0, 0.05) is 30.8 Å². The number of non-ortho nitro benzene ring substituents is 1. The van der Waals surface area contributed by atoms with E-state index in [1.54, 1.807) is 4.90 Å². The summed E-state index contributed by atoms with van der Waals surface area (Å²) in [7, 11) is 0. The maximum absolute atomic E-state index is 12.4. The molecule has 0 atom stereocenters. The van der Waals surface area contributed by atoms with Gasteiger partial charge in [-0.25, -0.2) is 0 Å². The van der Waals surface area contributed by atoms with Crippen molar-refractivity contribution in [3.05, 3.63) is 75.8 Å². The molecule has 0 aliphatic heterocycles. The van der Waals surface area contributed by atoms with Crippen LogP contribution in [0, 0.1) is 10.1 Å². The van der Waals surface area contributed by atoms with Crippen molar-refractivity contribution in [1.82, 2.24) is 4.90 Å². The average molecular weight is 284 g/mol. The summed E-state index contributed by atoms with van der Waals surface area (Å²) in [6.07, 6.45) is 0. The van der Waals surface area contributed by atoms with Crippen molar-refractivity contribution >= 4 is 11.6 Å². The van der Waals surface area contributed by atoms with Gasteiger partial charge in [-0.15, -0.1) is 0 Å². The first-order valence-electron chi connectivity index (χ1n) is 6.69. The monoisotopic (exact) mass is 284 g/mol. The maximum atomic E-state index is 12.4. The highest BCUT2D eigenvalue weighted by Gasteiger charge is 2.15. The normalized spacial score (nSPS) is 10.1. The molecule has 0 saturated carbocycles. The molecule has 1 amide bonds. The summed E-state index contributed by atoms with van der Waals surface area (Å²) in [5, 5.41) is 10.6. The van der Waals surface area contributed by atoms with Crippen molar-refractivity contribution in [3.63, 3.8) is 0 Å². The minimum Gasteiger partial charge on any atom is -0.335 e. The summed E-state index contributed by atoms with van der Waals surface area (Å²) in [6, 6.07) is 15.4. The van der Waals surface area contributed by atoms with Crippen LogP contribution in [0.3, 0.4) is 0 Å². The predicted octanol–water partition coefficient (Wildman–Crippen LogP) is 3.26. The van der Waals surface area contributed by atoms with Gasteiger partial charge in [0.05, 0.1) is 4.92 Å². The third-order valence-corrected chi connectivity index (χ3v) is 3.21. The first-order chi connectivity index (χ1) is 10.1. The third kappa shape index (κ3) is 3.66. The third-order valence-electron chi connectivity index (χ3n) is 3.21. The van der Waals surface area contributed by atoms with Crippen LogP contribution in [0.4, 0.5) is 5.69 Å². The Morgan fingerprint density at radius 1 is 1.10 bits per heavy atom. The molecule has 5 nitrogen and oxygen atoms in total. The zero-order valence-corrected chi connectivity index (χ0v) is 11.7. The van der Waals surface area contributed by atoms with Gasteiger partial charge in [-0.2, -0.15) is 0 Å². The molecule has 2 rings (SSSR count). The van der Waals surface area contributed by atoms with Gasteiger partial charge in [-0.1, -0.05) is 30.3 Å². The number of benzene rings is 2. The molecule has 0 bridgehead atoms. The van der Waals surface area contributed by atoms with Gasteiger partial charge >= 0.3 is 0 Å². The van der Waals surface area contributed by atoms with E-state index in [0.29, 0.717) is 18.7 Å². The standard InChI is InChI=1S/C16H16N2O3/c1-2-17(12-13-6-4-3-5-7-13)16(19)14-8-10-15(11-9-14)18(20)21/h3-11H,2,12H2,1H3. The number of carbonyl (C=O) groups is 1. The molecule has 0 spiro atoms. The van der Waals surface area contributed by atoms with Crippen LogP contribution in [0.2, 0.25) is 0 Å². The fourth-order valence-corrected chi connectivity index (χ4v) is 2.04. The van der Waals surface area contributed by atoms with Gasteiger partial charge in [-0.3, -0.25) is 14.9 Å². The zero-order chi connectivity index (χ0) is 15.2. The second-order valence-electron chi connectivity index (χ2n) is 4.61. The van der Waals surface area contributed by atoms with Gasteiger partial charge in [0.15, 0.2) is 0 Å². The molecule has 108 valence electrons. The summed E-state index contributed by atoms with van der Waals surface area (Å²) in [6.45, 7) is 3.00. The van der Waals surface area contributed by atoms with E-state index in [-0.39, 0.29) is 11.6 Å². The molecule has 5 heteroatoms. The zero-order valence-electron chi connectivity index (χ0n) is 11.7. The van der Waals surface area contributed by atoms with E-state index < -0.39 is 4.92 Å². The van der Waals surface area contributed by atoms with Crippen LogP contribution >= 0.6 is 0 Å². The van der Waals surface area contributed by atoms with Crippen LogP contribution in [0.25, 0.3) is 0 Å². The molecule has 0 aliphatic rings.